The van der Waals surface area contributed by atoms with Gasteiger partial charge in [-0.25, -0.2) is 9.97 Å². The number of aromatic amines is 1. The highest BCUT2D eigenvalue weighted by Gasteiger charge is 2.06. The minimum atomic E-state index is 0.630. The van der Waals surface area contributed by atoms with E-state index >= 15 is 0 Å². The molecule has 3 aromatic rings. The van der Waals surface area contributed by atoms with Gasteiger partial charge in [0.05, 0.1) is 17.4 Å². The maximum atomic E-state index is 5.71. The summed E-state index contributed by atoms with van der Waals surface area (Å²) in [6.45, 7) is 0. The smallest absolute Gasteiger partial charge is 0.178 e. The number of fused-ring (bicyclic) bond motifs is 1. The van der Waals surface area contributed by atoms with Gasteiger partial charge in [0.25, 0.3) is 0 Å². The molecule has 0 bridgehead atoms. The molecule has 0 unspecified atom stereocenters. The van der Waals surface area contributed by atoms with Gasteiger partial charge in [-0.1, -0.05) is 0 Å². The maximum absolute atomic E-state index is 5.71. The third-order valence-corrected chi connectivity index (χ3v) is 3.02. The van der Waals surface area contributed by atoms with Crippen LogP contribution in [0.2, 0.25) is 0 Å². The molecule has 0 radical (unpaired) electrons. The van der Waals surface area contributed by atoms with Gasteiger partial charge in [0.1, 0.15) is 5.82 Å². The molecule has 5 nitrogen and oxygen atoms in total. The Bertz CT molecular complexity index is 712. The number of benzene rings is 1. The van der Waals surface area contributed by atoms with Gasteiger partial charge < -0.3 is 15.6 Å². The van der Waals surface area contributed by atoms with Crippen molar-refractivity contribution in [3.63, 3.8) is 0 Å². The Kier molecular flexibility index (Phi) is 2.59. The summed E-state index contributed by atoms with van der Waals surface area (Å²) in [6.07, 6.45) is 1.61. The molecule has 0 aliphatic heterocycles. The normalized spacial score (nSPS) is 10.8. The Morgan fingerprint density at radius 2 is 1.89 bits per heavy atom. The number of nitrogens with zero attached hydrogens (tertiary/aromatic N) is 3. The zero-order chi connectivity index (χ0) is 13.4. The Morgan fingerprint density at radius 1 is 1.16 bits per heavy atom. The van der Waals surface area contributed by atoms with Crippen molar-refractivity contribution in [1.82, 2.24) is 15.0 Å². The molecular weight excluding hydrogens is 238 g/mol. The van der Waals surface area contributed by atoms with Crippen LogP contribution in [0.4, 0.5) is 11.4 Å². The van der Waals surface area contributed by atoms with E-state index in [1.54, 1.807) is 6.20 Å². The zero-order valence-corrected chi connectivity index (χ0v) is 10.9. The van der Waals surface area contributed by atoms with Crippen molar-refractivity contribution < 1.29 is 0 Å². The molecule has 19 heavy (non-hydrogen) atoms. The fourth-order valence-corrected chi connectivity index (χ4v) is 1.97. The Hall–Kier alpha value is -2.56. The molecule has 0 fully saturated rings. The molecule has 0 atom stereocenters. The lowest BCUT2D eigenvalue weighted by Crippen LogP contribution is -2.07. The minimum Gasteiger partial charge on any atom is -0.397 e. The van der Waals surface area contributed by atoms with Crippen LogP contribution in [-0.4, -0.2) is 29.0 Å². The fourth-order valence-electron chi connectivity index (χ4n) is 1.97. The molecule has 96 valence electrons. The molecule has 0 saturated heterocycles. The van der Waals surface area contributed by atoms with Crippen LogP contribution in [0, 0.1) is 0 Å². The number of aromatic nitrogens is 3. The second kappa shape index (κ2) is 4.28. The van der Waals surface area contributed by atoms with Gasteiger partial charge in [-0.15, -0.1) is 0 Å². The van der Waals surface area contributed by atoms with Crippen LogP contribution in [0.3, 0.4) is 0 Å². The van der Waals surface area contributed by atoms with Crippen LogP contribution in [0.15, 0.2) is 36.5 Å². The predicted octanol–water partition coefficient (Wildman–Crippen LogP) is 2.27. The van der Waals surface area contributed by atoms with E-state index < -0.39 is 0 Å². The van der Waals surface area contributed by atoms with E-state index in [1.807, 2.05) is 32.3 Å². The molecule has 5 heteroatoms. The molecule has 2 heterocycles. The number of H-pyrrole nitrogens is 1. The van der Waals surface area contributed by atoms with Gasteiger partial charge in [-0.2, -0.15) is 0 Å². The van der Waals surface area contributed by atoms with E-state index in [0.717, 1.165) is 22.6 Å². The third kappa shape index (κ3) is 2.10. The molecule has 0 aliphatic rings. The van der Waals surface area contributed by atoms with Crippen molar-refractivity contribution in [2.45, 2.75) is 0 Å². The first-order valence-corrected chi connectivity index (χ1v) is 6.02. The number of anilines is 2. The first kappa shape index (κ1) is 11.5. The molecule has 3 rings (SSSR count). The minimum absolute atomic E-state index is 0.630. The van der Waals surface area contributed by atoms with Crippen LogP contribution in [0.5, 0.6) is 0 Å². The van der Waals surface area contributed by atoms with Crippen molar-refractivity contribution in [3.05, 3.63) is 36.5 Å². The number of nitrogens with one attached hydrogen (secondary N) is 1. The lowest BCUT2D eigenvalue weighted by molar-refractivity contribution is 1.13. The molecular formula is C14H15N5. The fraction of sp³-hybridized carbons (Fsp3) is 0.143. The van der Waals surface area contributed by atoms with Crippen LogP contribution < -0.4 is 10.6 Å². The van der Waals surface area contributed by atoms with Crippen LogP contribution in [0.25, 0.3) is 22.6 Å². The molecule has 0 spiro atoms. The second-order valence-electron chi connectivity index (χ2n) is 4.67. The van der Waals surface area contributed by atoms with Gasteiger partial charge in [-0.05, 0) is 30.3 Å². The third-order valence-electron chi connectivity index (χ3n) is 3.02. The van der Waals surface area contributed by atoms with Crippen molar-refractivity contribution in [3.8, 4) is 11.4 Å². The summed E-state index contributed by atoms with van der Waals surface area (Å²) in [4.78, 5) is 14.0. The Morgan fingerprint density at radius 3 is 2.58 bits per heavy atom. The number of rotatable bonds is 2. The average molecular weight is 253 g/mol. The summed E-state index contributed by atoms with van der Waals surface area (Å²) < 4.78 is 0. The lowest BCUT2D eigenvalue weighted by atomic mass is 10.2. The highest BCUT2D eigenvalue weighted by molar-refractivity contribution is 5.78. The van der Waals surface area contributed by atoms with Gasteiger partial charge >= 0.3 is 0 Å². The summed E-state index contributed by atoms with van der Waals surface area (Å²) in [7, 11) is 4.03. The number of pyridine rings is 1. The molecule has 0 saturated carbocycles. The first-order valence-electron chi connectivity index (χ1n) is 6.02. The van der Waals surface area contributed by atoms with Crippen molar-refractivity contribution in [2.75, 3.05) is 24.7 Å². The zero-order valence-electron chi connectivity index (χ0n) is 10.9. The van der Waals surface area contributed by atoms with Gasteiger partial charge in [0, 0.05) is 25.3 Å². The summed E-state index contributed by atoms with van der Waals surface area (Å²) in [5.74, 6) is 0.804. The van der Waals surface area contributed by atoms with E-state index in [0.29, 0.717) is 11.3 Å². The molecule has 0 amide bonds. The summed E-state index contributed by atoms with van der Waals surface area (Å²) >= 11 is 0. The van der Waals surface area contributed by atoms with E-state index in [2.05, 4.69) is 32.0 Å². The van der Waals surface area contributed by atoms with Crippen molar-refractivity contribution >= 4 is 22.5 Å². The highest BCUT2D eigenvalue weighted by atomic mass is 15.1. The van der Waals surface area contributed by atoms with Crippen LogP contribution >= 0.6 is 0 Å². The number of hydrogen-bond acceptors (Lipinski definition) is 4. The molecule has 1 aromatic carbocycles. The summed E-state index contributed by atoms with van der Waals surface area (Å²) in [5.41, 5.74) is 10.1. The van der Waals surface area contributed by atoms with Crippen LogP contribution in [-0.2, 0) is 0 Å². The van der Waals surface area contributed by atoms with E-state index in [1.165, 1.54) is 0 Å². The van der Waals surface area contributed by atoms with Gasteiger partial charge in [0.15, 0.2) is 5.65 Å². The number of nitrogens with two attached hydrogens (primary N) is 1. The second-order valence-corrected chi connectivity index (χ2v) is 4.67. The van der Waals surface area contributed by atoms with Gasteiger partial charge in [0.2, 0.25) is 0 Å². The summed E-state index contributed by atoms with van der Waals surface area (Å²) in [6, 6.07) is 10.0. The quantitative estimate of drug-likeness (QED) is 0.735. The predicted molar refractivity (Wildman–Crippen MR) is 78.1 cm³/mol. The molecule has 3 N–H and O–H groups in total. The van der Waals surface area contributed by atoms with Gasteiger partial charge in [-0.3, -0.25) is 0 Å². The Balaban J connectivity index is 2.03. The van der Waals surface area contributed by atoms with E-state index in [-0.39, 0.29) is 0 Å². The summed E-state index contributed by atoms with van der Waals surface area (Å²) in [5, 5.41) is 0. The van der Waals surface area contributed by atoms with Crippen molar-refractivity contribution in [1.29, 1.82) is 0 Å². The lowest BCUT2D eigenvalue weighted by Gasteiger charge is -2.11. The Labute approximate surface area is 111 Å². The monoisotopic (exact) mass is 253 g/mol. The van der Waals surface area contributed by atoms with Crippen LogP contribution in [0.1, 0.15) is 0 Å². The maximum Gasteiger partial charge on any atom is 0.178 e. The SMILES string of the molecule is CN(C)c1ccc(-c2nc3ncc(N)cc3[nH]2)cc1. The first-order chi connectivity index (χ1) is 9.13. The van der Waals surface area contributed by atoms with Crippen molar-refractivity contribution in [2.24, 2.45) is 0 Å². The average Bonchev–Trinajstić information content (AvgIpc) is 2.81. The topological polar surface area (TPSA) is 70.8 Å². The standard InChI is InChI=1S/C14H15N5/c1-19(2)11-5-3-9(4-6-11)13-17-12-7-10(15)8-16-14(12)18-13/h3-8H,15H2,1-2H3,(H,16,17,18). The molecule has 0 aliphatic carbocycles. The number of nitrogen functional groups attached to an aromatic ring is 1. The largest absolute Gasteiger partial charge is 0.397 e. The molecule has 2 aromatic heterocycles. The van der Waals surface area contributed by atoms with E-state index in [9.17, 15) is 0 Å². The van der Waals surface area contributed by atoms with E-state index in [4.69, 9.17) is 5.73 Å². The highest BCUT2D eigenvalue weighted by Crippen LogP contribution is 2.22. The number of imidazole rings is 1. The number of hydrogen-bond donors (Lipinski definition) is 2.